The van der Waals surface area contributed by atoms with E-state index < -0.39 is 0 Å². The maximum absolute atomic E-state index is 6.31. The van der Waals surface area contributed by atoms with Gasteiger partial charge in [-0.3, -0.25) is 0 Å². The summed E-state index contributed by atoms with van der Waals surface area (Å²) in [5, 5.41) is 0. The van der Waals surface area contributed by atoms with Gasteiger partial charge in [0.1, 0.15) is 0 Å². The Bertz CT molecular complexity index is 159. The van der Waals surface area contributed by atoms with Crippen LogP contribution in [-0.2, 0) is 0 Å². The number of fused-ring (bicyclic) bond motifs is 4. The van der Waals surface area contributed by atoms with Gasteiger partial charge in [0.25, 0.3) is 0 Å². The summed E-state index contributed by atoms with van der Waals surface area (Å²) in [5.41, 5.74) is 6.31. The number of hydrogen-bond donors (Lipinski definition) is 1. The van der Waals surface area contributed by atoms with Crippen molar-refractivity contribution in [2.24, 2.45) is 29.4 Å². The third-order valence-corrected chi connectivity index (χ3v) is 6.50. The smallest absolute Gasteiger partial charge is 0.0181 e. The molecule has 3 aliphatic rings. The summed E-state index contributed by atoms with van der Waals surface area (Å²) in [6.07, 6.45) is 4.21. The molecule has 0 aromatic rings. The first kappa shape index (κ1) is 10.2. The fourth-order valence-corrected chi connectivity index (χ4v) is 4.83. The van der Waals surface area contributed by atoms with Crippen LogP contribution < -0.4 is 5.73 Å². The lowest BCUT2D eigenvalue weighted by Crippen LogP contribution is -2.50. The fraction of sp³-hybridized carbons (Fsp3) is 1.00. The zero-order valence-electron chi connectivity index (χ0n) is 8.54. The summed E-state index contributed by atoms with van der Waals surface area (Å²) < 4.78 is 0.830. The molecule has 0 amide bonds. The molecular formula is C11H20IN. The Morgan fingerprint density at radius 3 is 2.38 bits per heavy atom. The highest BCUT2D eigenvalue weighted by molar-refractivity contribution is 14.1. The molecule has 0 spiro atoms. The lowest BCUT2D eigenvalue weighted by molar-refractivity contribution is 0.136. The minimum atomic E-state index is 0.477. The predicted molar refractivity (Wildman–Crippen MR) is 64.9 cm³/mol. The third kappa shape index (κ3) is 1.54. The van der Waals surface area contributed by atoms with E-state index in [9.17, 15) is 0 Å². The lowest BCUT2D eigenvalue weighted by atomic mass is 9.68. The Morgan fingerprint density at radius 1 is 1.08 bits per heavy atom. The molecule has 0 aromatic heterocycles. The van der Waals surface area contributed by atoms with Crippen molar-refractivity contribution in [3.63, 3.8) is 0 Å². The molecule has 76 valence electrons. The van der Waals surface area contributed by atoms with Gasteiger partial charge in [-0.05, 0) is 36.5 Å². The lowest BCUT2D eigenvalue weighted by Gasteiger charge is -2.44. The predicted octanol–water partition coefficient (Wildman–Crippen LogP) is 2.82. The molecule has 1 nitrogen and oxygen atoms in total. The van der Waals surface area contributed by atoms with E-state index >= 15 is 0 Å². The van der Waals surface area contributed by atoms with Crippen LogP contribution in [0.1, 0.15) is 33.1 Å². The van der Waals surface area contributed by atoms with Gasteiger partial charge in [-0.1, -0.05) is 42.9 Å². The Kier molecular flexibility index (Phi) is 2.90. The highest BCUT2D eigenvalue weighted by atomic mass is 127. The van der Waals surface area contributed by atoms with Gasteiger partial charge in [-0.25, -0.2) is 0 Å². The molecule has 3 rings (SSSR count). The zero-order valence-corrected chi connectivity index (χ0v) is 10.7. The van der Waals surface area contributed by atoms with E-state index in [2.05, 4.69) is 36.4 Å². The third-order valence-electron chi connectivity index (χ3n) is 4.44. The van der Waals surface area contributed by atoms with Gasteiger partial charge in [0.2, 0.25) is 0 Å². The summed E-state index contributed by atoms with van der Waals surface area (Å²) in [4.78, 5) is 0. The van der Waals surface area contributed by atoms with E-state index in [0.29, 0.717) is 6.04 Å². The molecule has 3 fully saturated rings. The molecule has 0 aromatic carbocycles. The molecule has 3 saturated carbocycles. The van der Waals surface area contributed by atoms with Crippen molar-refractivity contribution < 1.29 is 0 Å². The van der Waals surface area contributed by atoms with Crippen LogP contribution in [0.5, 0.6) is 0 Å². The topological polar surface area (TPSA) is 26.0 Å². The molecule has 13 heavy (non-hydrogen) atoms. The van der Waals surface area contributed by atoms with Gasteiger partial charge < -0.3 is 5.73 Å². The van der Waals surface area contributed by atoms with Crippen LogP contribution in [0.4, 0.5) is 0 Å². The first-order valence-electron chi connectivity index (χ1n) is 5.52. The van der Waals surface area contributed by atoms with Crippen LogP contribution in [-0.4, -0.2) is 9.97 Å². The van der Waals surface area contributed by atoms with Gasteiger partial charge in [-0.2, -0.15) is 0 Å². The van der Waals surface area contributed by atoms with Crippen LogP contribution in [0.2, 0.25) is 0 Å². The highest BCUT2D eigenvalue weighted by Gasteiger charge is 2.45. The Balaban J connectivity index is 2.27. The van der Waals surface area contributed by atoms with E-state index in [0.717, 1.165) is 27.6 Å². The van der Waals surface area contributed by atoms with Crippen molar-refractivity contribution in [1.29, 1.82) is 0 Å². The van der Waals surface area contributed by atoms with Crippen molar-refractivity contribution in [2.45, 2.75) is 43.1 Å². The number of alkyl halides is 1. The monoisotopic (exact) mass is 293 g/mol. The fourth-order valence-electron chi connectivity index (χ4n) is 3.46. The van der Waals surface area contributed by atoms with Crippen LogP contribution in [0.25, 0.3) is 0 Å². The average Bonchev–Trinajstić information content (AvgIpc) is 2.33. The van der Waals surface area contributed by atoms with Crippen LogP contribution >= 0.6 is 22.6 Å². The molecule has 2 bridgehead atoms. The summed E-state index contributed by atoms with van der Waals surface area (Å²) in [6.45, 7) is 4.80. The number of rotatable bonds is 0. The molecule has 0 saturated heterocycles. The summed E-state index contributed by atoms with van der Waals surface area (Å²) in [5.74, 6) is 3.34. The van der Waals surface area contributed by atoms with Gasteiger partial charge >= 0.3 is 0 Å². The highest BCUT2D eigenvalue weighted by Crippen LogP contribution is 2.48. The van der Waals surface area contributed by atoms with Crippen molar-refractivity contribution in [1.82, 2.24) is 0 Å². The van der Waals surface area contributed by atoms with Gasteiger partial charge in [0, 0.05) is 9.97 Å². The summed E-state index contributed by atoms with van der Waals surface area (Å²) in [7, 11) is 0. The van der Waals surface area contributed by atoms with Gasteiger partial charge in [0.05, 0.1) is 0 Å². The SMILES string of the molecule is CC1C(N)C2CCC[C@H]1C(C)C2I. The summed E-state index contributed by atoms with van der Waals surface area (Å²) in [6, 6.07) is 0.477. The largest absolute Gasteiger partial charge is 0.327 e. The maximum Gasteiger partial charge on any atom is 0.0181 e. The zero-order chi connectivity index (χ0) is 9.59. The van der Waals surface area contributed by atoms with Crippen LogP contribution in [0.3, 0.4) is 0 Å². The molecule has 2 heteroatoms. The van der Waals surface area contributed by atoms with Crippen molar-refractivity contribution in [3.05, 3.63) is 0 Å². The Labute approximate surface area is 95.0 Å². The van der Waals surface area contributed by atoms with Crippen LogP contribution in [0, 0.1) is 23.7 Å². The second-order valence-corrected chi connectivity index (χ2v) is 6.44. The van der Waals surface area contributed by atoms with E-state index in [4.69, 9.17) is 5.73 Å². The quantitative estimate of drug-likeness (QED) is 0.539. The molecule has 6 atom stereocenters. The van der Waals surface area contributed by atoms with E-state index in [1.807, 2.05) is 0 Å². The second kappa shape index (κ2) is 3.69. The standard InChI is InChI=1S/C11H20IN/c1-6-8-4-3-5-9(10(6)12)11(13)7(8)2/h6-11H,3-5,13H2,1-2H3/t6?,7?,8-,9?,10?,11?/m0/s1. The molecule has 0 heterocycles. The summed E-state index contributed by atoms with van der Waals surface area (Å²) >= 11 is 2.65. The van der Waals surface area contributed by atoms with E-state index in [-0.39, 0.29) is 0 Å². The van der Waals surface area contributed by atoms with Crippen molar-refractivity contribution in [2.75, 3.05) is 0 Å². The molecule has 5 unspecified atom stereocenters. The number of halogens is 1. The normalized spacial score (nSPS) is 56.3. The van der Waals surface area contributed by atoms with Gasteiger partial charge in [-0.15, -0.1) is 0 Å². The minimum Gasteiger partial charge on any atom is -0.327 e. The Morgan fingerprint density at radius 2 is 1.69 bits per heavy atom. The van der Waals surface area contributed by atoms with Crippen molar-refractivity contribution in [3.8, 4) is 0 Å². The van der Waals surface area contributed by atoms with Crippen LogP contribution in [0.15, 0.2) is 0 Å². The molecule has 0 radical (unpaired) electrons. The maximum atomic E-state index is 6.31. The number of nitrogens with two attached hydrogens (primary N) is 1. The molecule has 3 aliphatic carbocycles. The van der Waals surface area contributed by atoms with Gasteiger partial charge in [0.15, 0.2) is 0 Å². The molecule has 0 aliphatic heterocycles. The number of hydrogen-bond acceptors (Lipinski definition) is 1. The molecule has 2 N–H and O–H groups in total. The first-order valence-corrected chi connectivity index (χ1v) is 6.77. The Hall–Kier alpha value is 0.690. The van der Waals surface area contributed by atoms with Crippen molar-refractivity contribution >= 4 is 22.6 Å². The first-order chi connectivity index (χ1) is 6.13. The molecular weight excluding hydrogens is 273 g/mol. The van der Waals surface area contributed by atoms with E-state index in [1.165, 1.54) is 19.3 Å². The van der Waals surface area contributed by atoms with E-state index in [1.54, 1.807) is 0 Å². The second-order valence-electron chi connectivity index (χ2n) is 5.00. The average molecular weight is 293 g/mol. The minimum absolute atomic E-state index is 0.477.